The second kappa shape index (κ2) is 7.60. The zero-order chi connectivity index (χ0) is 18.6. The summed E-state index contributed by atoms with van der Waals surface area (Å²) in [4.78, 5) is 25.9. The SMILES string of the molecule is CC(OC(=O)c1cc(F)cc(F)c1)C(=O)N(C)C1(C#N)CCCCC1. The third kappa shape index (κ3) is 4.13. The number of likely N-dealkylation sites (N-methyl/N-ethyl adjacent to an activating group) is 1. The molecule has 5 nitrogen and oxygen atoms in total. The van der Waals surface area contributed by atoms with Crippen molar-refractivity contribution >= 4 is 11.9 Å². The first-order valence-electron chi connectivity index (χ1n) is 8.15. The third-order valence-corrected chi connectivity index (χ3v) is 4.59. The molecule has 0 radical (unpaired) electrons. The lowest BCUT2D eigenvalue weighted by atomic mass is 9.81. The molecule has 1 amide bonds. The zero-order valence-electron chi connectivity index (χ0n) is 14.2. The highest BCUT2D eigenvalue weighted by Crippen LogP contribution is 2.33. The molecule has 7 heteroatoms. The fourth-order valence-electron chi connectivity index (χ4n) is 3.09. The fourth-order valence-corrected chi connectivity index (χ4v) is 3.09. The summed E-state index contributed by atoms with van der Waals surface area (Å²) in [7, 11) is 1.52. The number of nitrogens with zero attached hydrogens (tertiary/aromatic N) is 2. The molecule has 2 rings (SSSR count). The van der Waals surface area contributed by atoms with Gasteiger partial charge in [0.05, 0.1) is 11.6 Å². The van der Waals surface area contributed by atoms with Crippen molar-refractivity contribution in [2.75, 3.05) is 7.05 Å². The summed E-state index contributed by atoms with van der Waals surface area (Å²) in [6.45, 7) is 1.38. The molecule has 0 N–H and O–H groups in total. The molecule has 1 unspecified atom stereocenters. The smallest absolute Gasteiger partial charge is 0.339 e. The van der Waals surface area contributed by atoms with Gasteiger partial charge in [0.15, 0.2) is 6.10 Å². The monoisotopic (exact) mass is 350 g/mol. The number of halogens is 2. The quantitative estimate of drug-likeness (QED) is 0.782. The summed E-state index contributed by atoms with van der Waals surface area (Å²) in [6, 6.07) is 4.53. The Balaban J connectivity index is 2.08. The van der Waals surface area contributed by atoms with E-state index in [2.05, 4.69) is 6.07 Å². The summed E-state index contributed by atoms with van der Waals surface area (Å²) < 4.78 is 31.4. The van der Waals surface area contributed by atoms with Crippen molar-refractivity contribution in [3.05, 3.63) is 35.4 Å². The number of hydrogen-bond acceptors (Lipinski definition) is 4. The van der Waals surface area contributed by atoms with Gasteiger partial charge in [0.25, 0.3) is 5.91 Å². The highest BCUT2D eigenvalue weighted by molar-refractivity contribution is 5.92. The van der Waals surface area contributed by atoms with Gasteiger partial charge in [-0.1, -0.05) is 19.3 Å². The van der Waals surface area contributed by atoms with Gasteiger partial charge in [0, 0.05) is 13.1 Å². The van der Waals surface area contributed by atoms with E-state index in [1.807, 2.05) is 0 Å². The van der Waals surface area contributed by atoms with Crippen molar-refractivity contribution in [1.29, 1.82) is 5.26 Å². The molecule has 1 saturated carbocycles. The van der Waals surface area contributed by atoms with Gasteiger partial charge in [-0.3, -0.25) is 4.79 Å². The molecule has 0 aliphatic heterocycles. The summed E-state index contributed by atoms with van der Waals surface area (Å²) in [5.41, 5.74) is -1.21. The Hall–Kier alpha value is -2.49. The molecule has 1 fully saturated rings. The van der Waals surface area contributed by atoms with Crippen molar-refractivity contribution in [3.63, 3.8) is 0 Å². The van der Waals surface area contributed by atoms with Crippen molar-refractivity contribution in [2.24, 2.45) is 0 Å². The van der Waals surface area contributed by atoms with Crippen LogP contribution in [-0.2, 0) is 9.53 Å². The van der Waals surface area contributed by atoms with Crippen molar-refractivity contribution in [1.82, 2.24) is 4.90 Å². The average molecular weight is 350 g/mol. The van der Waals surface area contributed by atoms with Gasteiger partial charge in [0.2, 0.25) is 0 Å². The standard InChI is InChI=1S/C18H20F2N2O3/c1-12(25-17(24)13-8-14(19)10-15(20)9-13)16(23)22(2)18(11-21)6-4-3-5-7-18/h8-10,12H,3-7H2,1-2H3. The Morgan fingerprint density at radius 2 is 1.76 bits per heavy atom. The van der Waals surface area contributed by atoms with Gasteiger partial charge >= 0.3 is 5.97 Å². The largest absolute Gasteiger partial charge is 0.449 e. The summed E-state index contributed by atoms with van der Waals surface area (Å²) in [6.07, 6.45) is 2.68. The molecule has 0 saturated heterocycles. The van der Waals surface area contributed by atoms with Crippen LogP contribution in [0.15, 0.2) is 18.2 Å². The lowest BCUT2D eigenvalue weighted by Crippen LogP contribution is -2.53. The van der Waals surface area contributed by atoms with E-state index in [4.69, 9.17) is 4.74 Å². The minimum absolute atomic E-state index is 0.313. The highest BCUT2D eigenvalue weighted by Gasteiger charge is 2.40. The van der Waals surface area contributed by atoms with Gasteiger partial charge in [-0.05, 0) is 31.9 Å². The van der Waals surface area contributed by atoms with Crippen LogP contribution in [0, 0.1) is 23.0 Å². The molecule has 0 heterocycles. The van der Waals surface area contributed by atoms with Gasteiger partial charge in [-0.15, -0.1) is 0 Å². The van der Waals surface area contributed by atoms with E-state index in [0.717, 1.165) is 31.4 Å². The van der Waals surface area contributed by atoms with Gasteiger partial charge in [-0.2, -0.15) is 5.26 Å². The molecule has 1 aromatic rings. The van der Waals surface area contributed by atoms with Crippen LogP contribution in [0.4, 0.5) is 8.78 Å². The van der Waals surface area contributed by atoms with E-state index < -0.39 is 35.2 Å². The fraction of sp³-hybridized carbons (Fsp3) is 0.500. The topological polar surface area (TPSA) is 70.4 Å². The lowest BCUT2D eigenvalue weighted by molar-refractivity contribution is -0.143. The van der Waals surface area contributed by atoms with Crippen LogP contribution in [0.25, 0.3) is 0 Å². The molecule has 134 valence electrons. The van der Waals surface area contributed by atoms with Crippen LogP contribution in [0.3, 0.4) is 0 Å². The number of amides is 1. The third-order valence-electron chi connectivity index (χ3n) is 4.59. The van der Waals surface area contributed by atoms with Crippen LogP contribution < -0.4 is 0 Å². The van der Waals surface area contributed by atoms with Crippen LogP contribution in [0.5, 0.6) is 0 Å². The molecule has 1 atom stereocenters. The van der Waals surface area contributed by atoms with E-state index in [1.165, 1.54) is 18.9 Å². The second-order valence-electron chi connectivity index (χ2n) is 6.31. The molecule has 1 aliphatic carbocycles. The van der Waals surface area contributed by atoms with Gasteiger partial charge in [-0.25, -0.2) is 13.6 Å². The summed E-state index contributed by atoms with van der Waals surface area (Å²) in [5, 5.41) is 9.53. The Bertz CT molecular complexity index is 689. The predicted molar refractivity (Wildman–Crippen MR) is 85.4 cm³/mol. The van der Waals surface area contributed by atoms with E-state index in [1.54, 1.807) is 0 Å². The molecular weight excluding hydrogens is 330 g/mol. The van der Waals surface area contributed by atoms with Gasteiger partial charge < -0.3 is 9.64 Å². The maximum absolute atomic E-state index is 13.2. The van der Waals surface area contributed by atoms with Gasteiger partial charge in [0.1, 0.15) is 17.2 Å². The maximum Gasteiger partial charge on any atom is 0.339 e. The number of rotatable bonds is 4. The summed E-state index contributed by atoms with van der Waals surface area (Å²) >= 11 is 0. The van der Waals surface area contributed by atoms with Crippen molar-refractivity contribution in [2.45, 2.75) is 50.7 Å². The molecule has 25 heavy (non-hydrogen) atoms. The molecule has 0 spiro atoms. The Morgan fingerprint density at radius 1 is 1.20 bits per heavy atom. The van der Waals surface area contributed by atoms with Crippen molar-refractivity contribution < 1.29 is 23.1 Å². The number of ether oxygens (including phenoxy) is 1. The number of esters is 1. The van der Waals surface area contributed by atoms with Crippen LogP contribution in [0.1, 0.15) is 49.4 Å². The van der Waals surface area contributed by atoms with Crippen LogP contribution >= 0.6 is 0 Å². The average Bonchev–Trinajstić information content (AvgIpc) is 2.60. The maximum atomic E-state index is 13.2. The predicted octanol–water partition coefficient (Wildman–Crippen LogP) is 3.19. The normalized spacial score (nSPS) is 17.2. The minimum atomic E-state index is -1.17. The number of hydrogen-bond donors (Lipinski definition) is 0. The highest BCUT2D eigenvalue weighted by atomic mass is 19.1. The molecule has 0 bridgehead atoms. The summed E-state index contributed by atoms with van der Waals surface area (Å²) in [5.74, 6) is -3.33. The lowest BCUT2D eigenvalue weighted by Gasteiger charge is -2.39. The molecule has 1 aliphatic rings. The minimum Gasteiger partial charge on any atom is -0.449 e. The van der Waals surface area contributed by atoms with E-state index in [-0.39, 0.29) is 5.56 Å². The van der Waals surface area contributed by atoms with E-state index in [9.17, 15) is 23.6 Å². The first-order chi connectivity index (χ1) is 11.8. The Labute approximate surface area is 145 Å². The number of nitriles is 1. The number of carbonyl (C=O) groups excluding carboxylic acids is 2. The number of carbonyl (C=O) groups is 2. The molecular formula is C18H20F2N2O3. The molecule has 1 aromatic carbocycles. The first-order valence-corrected chi connectivity index (χ1v) is 8.15. The Kier molecular flexibility index (Phi) is 5.73. The molecule has 0 aromatic heterocycles. The first kappa shape index (κ1) is 18.8. The van der Waals surface area contributed by atoms with E-state index in [0.29, 0.717) is 18.9 Å². The van der Waals surface area contributed by atoms with Crippen LogP contribution in [0.2, 0.25) is 0 Å². The second-order valence-corrected chi connectivity index (χ2v) is 6.31. The van der Waals surface area contributed by atoms with Crippen LogP contribution in [-0.4, -0.2) is 35.5 Å². The Morgan fingerprint density at radius 3 is 2.28 bits per heavy atom. The zero-order valence-corrected chi connectivity index (χ0v) is 14.2. The van der Waals surface area contributed by atoms with E-state index >= 15 is 0 Å². The number of benzene rings is 1. The van der Waals surface area contributed by atoms with Crippen molar-refractivity contribution in [3.8, 4) is 6.07 Å².